The van der Waals surface area contributed by atoms with E-state index in [0.29, 0.717) is 30.4 Å². The molecule has 2 aliphatic rings. The van der Waals surface area contributed by atoms with Crippen molar-refractivity contribution in [2.45, 2.75) is 13.0 Å². The van der Waals surface area contributed by atoms with Crippen molar-refractivity contribution in [3.63, 3.8) is 0 Å². The van der Waals surface area contributed by atoms with Gasteiger partial charge in [-0.05, 0) is 25.1 Å². The summed E-state index contributed by atoms with van der Waals surface area (Å²) < 4.78 is 10.7. The first-order valence-electron chi connectivity index (χ1n) is 10.9. The number of guanidine groups is 1. The minimum Gasteiger partial charge on any atom is -0.496 e. The lowest BCUT2D eigenvalue weighted by Crippen LogP contribution is -2.57. The highest BCUT2D eigenvalue weighted by Crippen LogP contribution is 2.36. The lowest BCUT2D eigenvalue weighted by molar-refractivity contribution is -0.153. The Kier molecular flexibility index (Phi) is 6.58. The maximum absolute atomic E-state index is 13.1. The number of aliphatic imine (C=N–C) groups is 1. The second-order valence-corrected chi connectivity index (χ2v) is 7.67. The molecule has 0 spiro atoms. The van der Waals surface area contributed by atoms with Gasteiger partial charge in [-0.15, -0.1) is 0 Å². The van der Waals surface area contributed by atoms with E-state index in [2.05, 4.69) is 27.2 Å². The van der Waals surface area contributed by atoms with Crippen LogP contribution < -0.4 is 15.0 Å². The van der Waals surface area contributed by atoms with Crippen LogP contribution in [0.15, 0.2) is 59.6 Å². The molecule has 2 atom stereocenters. The lowest BCUT2D eigenvalue weighted by atomic mass is 9.90. The van der Waals surface area contributed by atoms with Crippen molar-refractivity contribution in [2.75, 3.05) is 44.8 Å². The van der Waals surface area contributed by atoms with Gasteiger partial charge in [-0.1, -0.05) is 36.4 Å². The topological polar surface area (TPSA) is 83.5 Å². The van der Waals surface area contributed by atoms with Crippen LogP contribution in [0.3, 0.4) is 0 Å². The number of carbonyl (C=O) groups is 2. The third-order valence-electron chi connectivity index (χ3n) is 5.79. The second-order valence-electron chi connectivity index (χ2n) is 7.67. The van der Waals surface area contributed by atoms with Gasteiger partial charge in [-0.3, -0.25) is 14.9 Å². The zero-order valence-electron chi connectivity index (χ0n) is 18.4. The van der Waals surface area contributed by atoms with E-state index in [1.54, 1.807) is 20.1 Å². The highest BCUT2D eigenvalue weighted by molar-refractivity contribution is 6.08. The van der Waals surface area contributed by atoms with E-state index in [9.17, 15) is 9.59 Å². The van der Waals surface area contributed by atoms with Gasteiger partial charge in [0, 0.05) is 37.4 Å². The third-order valence-corrected chi connectivity index (χ3v) is 5.79. The van der Waals surface area contributed by atoms with Gasteiger partial charge in [-0.2, -0.15) is 0 Å². The monoisotopic (exact) mass is 436 g/mol. The highest BCUT2D eigenvalue weighted by atomic mass is 16.5. The number of hydrogen-bond donors (Lipinski definition) is 1. The molecule has 0 bridgehead atoms. The minimum atomic E-state index is -1.07. The van der Waals surface area contributed by atoms with Crippen molar-refractivity contribution >= 4 is 23.5 Å². The van der Waals surface area contributed by atoms with Crippen LogP contribution in [-0.2, 0) is 14.3 Å². The summed E-state index contributed by atoms with van der Waals surface area (Å²) in [7, 11) is 1.56. The summed E-state index contributed by atoms with van der Waals surface area (Å²) in [6.45, 7) is 4.93. The largest absolute Gasteiger partial charge is 0.496 e. The maximum Gasteiger partial charge on any atom is 0.321 e. The van der Waals surface area contributed by atoms with Gasteiger partial charge in [0.05, 0.1) is 13.7 Å². The maximum atomic E-state index is 13.1. The predicted molar refractivity (Wildman–Crippen MR) is 122 cm³/mol. The molecule has 1 amide bonds. The number of esters is 1. The highest BCUT2D eigenvalue weighted by Gasteiger charge is 2.43. The van der Waals surface area contributed by atoms with E-state index in [1.165, 1.54) is 5.69 Å². The Morgan fingerprint density at radius 2 is 1.69 bits per heavy atom. The number of methoxy groups -OCH3 is 1. The number of ether oxygens (including phenoxy) is 2. The van der Waals surface area contributed by atoms with Crippen LogP contribution in [-0.4, -0.2) is 62.6 Å². The SMILES string of the molecule is CCOC(=O)[C@H]1C(=O)NC(N2CCN(c3ccccc3)CC2)=N[C@H]1c1ccccc1OC. The summed E-state index contributed by atoms with van der Waals surface area (Å²) in [5.74, 6) is -0.995. The van der Waals surface area contributed by atoms with Crippen LogP contribution in [0.5, 0.6) is 5.75 Å². The number of carbonyl (C=O) groups excluding carboxylic acids is 2. The molecule has 2 aliphatic heterocycles. The van der Waals surface area contributed by atoms with Crippen LogP contribution in [0, 0.1) is 5.92 Å². The Hall–Kier alpha value is -3.55. The van der Waals surface area contributed by atoms with Gasteiger partial charge in [-0.25, -0.2) is 4.99 Å². The fraction of sp³-hybridized carbons (Fsp3) is 0.375. The quantitative estimate of drug-likeness (QED) is 0.572. The van der Waals surface area contributed by atoms with E-state index in [-0.39, 0.29) is 6.61 Å². The van der Waals surface area contributed by atoms with Crippen LogP contribution in [0.25, 0.3) is 0 Å². The molecular formula is C24H28N4O4. The van der Waals surface area contributed by atoms with Crippen LogP contribution in [0.1, 0.15) is 18.5 Å². The van der Waals surface area contributed by atoms with Crippen molar-refractivity contribution in [3.05, 3.63) is 60.2 Å². The number of para-hydroxylation sites is 2. The lowest BCUT2D eigenvalue weighted by Gasteiger charge is -2.39. The fourth-order valence-electron chi connectivity index (χ4n) is 4.17. The molecule has 0 aliphatic carbocycles. The average molecular weight is 437 g/mol. The van der Waals surface area contributed by atoms with Gasteiger partial charge in [0.2, 0.25) is 11.9 Å². The standard InChI is InChI=1S/C24H28N4O4/c1-3-32-23(30)20-21(18-11-7-8-12-19(18)31-2)25-24(26-22(20)29)28-15-13-27(14-16-28)17-9-5-4-6-10-17/h4-12,20-21H,3,13-16H2,1-2H3,(H,25,26,29)/t20-,21+/m1/s1. The van der Waals surface area contributed by atoms with Crippen molar-refractivity contribution < 1.29 is 19.1 Å². The number of anilines is 1. The molecule has 0 unspecified atom stereocenters. The first kappa shape index (κ1) is 21.7. The molecular weight excluding hydrogens is 408 g/mol. The molecule has 1 N–H and O–H groups in total. The molecule has 2 aromatic rings. The van der Waals surface area contributed by atoms with Gasteiger partial charge < -0.3 is 19.3 Å². The predicted octanol–water partition coefficient (Wildman–Crippen LogP) is 2.22. The molecule has 0 radical (unpaired) electrons. The van der Waals surface area contributed by atoms with Crippen molar-refractivity contribution in [3.8, 4) is 5.75 Å². The molecule has 0 saturated carbocycles. The minimum absolute atomic E-state index is 0.194. The first-order valence-corrected chi connectivity index (χ1v) is 10.9. The van der Waals surface area contributed by atoms with Gasteiger partial charge in [0.25, 0.3) is 0 Å². The van der Waals surface area contributed by atoms with Crippen LogP contribution in [0.4, 0.5) is 5.69 Å². The number of rotatable bonds is 5. The average Bonchev–Trinajstić information content (AvgIpc) is 2.84. The number of hydrogen-bond acceptors (Lipinski definition) is 7. The number of piperazine rings is 1. The van der Waals surface area contributed by atoms with E-state index in [0.717, 1.165) is 13.1 Å². The Bertz CT molecular complexity index is 987. The van der Waals surface area contributed by atoms with E-state index in [1.807, 2.05) is 36.4 Å². The number of nitrogens with zero attached hydrogens (tertiary/aromatic N) is 3. The van der Waals surface area contributed by atoms with Gasteiger partial charge >= 0.3 is 5.97 Å². The van der Waals surface area contributed by atoms with Crippen molar-refractivity contribution in [2.24, 2.45) is 10.9 Å². The number of amides is 1. The Balaban J connectivity index is 1.60. The summed E-state index contributed by atoms with van der Waals surface area (Å²) in [6, 6.07) is 16.9. The van der Waals surface area contributed by atoms with Crippen LogP contribution >= 0.6 is 0 Å². The molecule has 8 heteroatoms. The summed E-state index contributed by atoms with van der Waals surface area (Å²) in [4.78, 5) is 34.9. The first-order chi connectivity index (χ1) is 15.6. The second kappa shape index (κ2) is 9.72. The summed E-state index contributed by atoms with van der Waals surface area (Å²) in [5.41, 5.74) is 1.86. The molecule has 168 valence electrons. The summed E-state index contributed by atoms with van der Waals surface area (Å²) in [5, 5.41) is 2.84. The molecule has 1 fully saturated rings. The molecule has 2 heterocycles. The van der Waals surface area contributed by atoms with Crippen molar-refractivity contribution in [1.29, 1.82) is 0 Å². The Morgan fingerprint density at radius 3 is 2.38 bits per heavy atom. The van der Waals surface area contributed by atoms with Gasteiger partial charge in [0.1, 0.15) is 11.8 Å². The van der Waals surface area contributed by atoms with Crippen molar-refractivity contribution in [1.82, 2.24) is 10.2 Å². The normalized spacial score (nSPS) is 20.9. The van der Waals surface area contributed by atoms with E-state index < -0.39 is 23.8 Å². The Labute approximate surface area is 187 Å². The van der Waals surface area contributed by atoms with E-state index in [4.69, 9.17) is 14.5 Å². The smallest absolute Gasteiger partial charge is 0.321 e. The Morgan fingerprint density at radius 1 is 1.03 bits per heavy atom. The summed E-state index contributed by atoms with van der Waals surface area (Å²) in [6.07, 6.45) is 0. The third kappa shape index (κ3) is 4.39. The molecule has 0 aromatic heterocycles. The molecule has 8 nitrogen and oxygen atoms in total. The molecule has 32 heavy (non-hydrogen) atoms. The van der Waals surface area contributed by atoms with Gasteiger partial charge in [0.15, 0.2) is 5.92 Å². The summed E-state index contributed by atoms with van der Waals surface area (Å²) >= 11 is 0. The molecule has 2 aromatic carbocycles. The van der Waals surface area contributed by atoms with E-state index >= 15 is 0 Å². The number of nitrogens with one attached hydrogen (secondary N) is 1. The number of benzene rings is 2. The zero-order valence-corrected chi connectivity index (χ0v) is 18.4. The zero-order chi connectivity index (χ0) is 22.5. The van der Waals surface area contributed by atoms with Crippen LogP contribution in [0.2, 0.25) is 0 Å². The molecule has 1 saturated heterocycles. The fourth-order valence-corrected chi connectivity index (χ4v) is 4.17. The molecule has 4 rings (SSSR count).